The fourth-order valence-electron chi connectivity index (χ4n) is 1.63. The predicted octanol–water partition coefficient (Wildman–Crippen LogP) is 2.70. The number of hydrogen-bond acceptors (Lipinski definition) is 2. The highest BCUT2D eigenvalue weighted by atomic mass is 16.5. The second-order valence-electron chi connectivity index (χ2n) is 4.19. The maximum absolute atomic E-state index is 11.9. The minimum atomic E-state index is -0.0125. The number of unbranched alkanes of at least 4 members (excludes halogenated alkanes) is 2. The van der Waals surface area contributed by atoms with Gasteiger partial charge in [-0.3, -0.25) is 4.79 Å². The van der Waals surface area contributed by atoms with Gasteiger partial charge in [0, 0.05) is 19.7 Å². The molecule has 0 saturated carbocycles. The largest absolute Gasteiger partial charge is 0.381 e. The Bertz CT molecular complexity index is 179. The second-order valence-corrected chi connectivity index (χ2v) is 4.19. The molecule has 1 unspecified atom stereocenters. The van der Waals surface area contributed by atoms with Crippen molar-refractivity contribution in [3.63, 3.8) is 0 Å². The van der Waals surface area contributed by atoms with Crippen LogP contribution in [0.15, 0.2) is 0 Å². The molecule has 0 aliphatic rings. The molecule has 0 heterocycles. The number of amides is 1. The summed E-state index contributed by atoms with van der Waals surface area (Å²) in [6.07, 6.45) is 3.51. The van der Waals surface area contributed by atoms with Gasteiger partial charge in [0.15, 0.2) is 0 Å². The Hall–Kier alpha value is -0.570. The molecule has 1 atom stereocenters. The third-order valence-corrected chi connectivity index (χ3v) is 2.76. The zero-order valence-electron chi connectivity index (χ0n) is 11.3. The molecule has 0 saturated heterocycles. The molecule has 0 fully saturated rings. The van der Waals surface area contributed by atoms with Crippen LogP contribution in [0.25, 0.3) is 0 Å². The summed E-state index contributed by atoms with van der Waals surface area (Å²) in [5.41, 5.74) is 0. The zero-order valence-corrected chi connectivity index (χ0v) is 11.3. The van der Waals surface area contributed by atoms with E-state index < -0.39 is 0 Å². The van der Waals surface area contributed by atoms with Crippen molar-refractivity contribution in [3.8, 4) is 0 Å². The van der Waals surface area contributed by atoms with Crippen LogP contribution in [0, 0.1) is 5.92 Å². The number of rotatable bonds is 9. The van der Waals surface area contributed by atoms with E-state index in [0.29, 0.717) is 6.61 Å². The van der Waals surface area contributed by atoms with Gasteiger partial charge in [0.05, 0.1) is 12.5 Å². The van der Waals surface area contributed by atoms with Crippen molar-refractivity contribution in [2.75, 3.05) is 26.3 Å². The molecule has 96 valence electrons. The predicted molar refractivity (Wildman–Crippen MR) is 67.4 cm³/mol. The quantitative estimate of drug-likeness (QED) is 0.569. The van der Waals surface area contributed by atoms with E-state index in [4.69, 9.17) is 4.74 Å². The molecule has 3 heteroatoms. The van der Waals surface area contributed by atoms with Gasteiger partial charge in [0.25, 0.3) is 0 Å². The van der Waals surface area contributed by atoms with Crippen molar-refractivity contribution in [2.24, 2.45) is 5.92 Å². The Morgan fingerprint density at radius 2 is 1.81 bits per heavy atom. The van der Waals surface area contributed by atoms with Crippen molar-refractivity contribution in [1.29, 1.82) is 0 Å². The smallest absolute Gasteiger partial charge is 0.227 e. The third-order valence-electron chi connectivity index (χ3n) is 2.76. The normalized spacial score (nSPS) is 12.5. The summed E-state index contributed by atoms with van der Waals surface area (Å²) in [6, 6.07) is 0. The first-order chi connectivity index (χ1) is 7.67. The van der Waals surface area contributed by atoms with Gasteiger partial charge in [-0.1, -0.05) is 26.7 Å². The molecular weight excluding hydrogens is 202 g/mol. The molecule has 0 N–H and O–H groups in total. The summed E-state index contributed by atoms with van der Waals surface area (Å²) in [5, 5.41) is 0. The van der Waals surface area contributed by atoms with Crippen molar-refractivity contribution >= 4 is 5.91 Å². The lowest BCUT2D eigenvalue weighted by molar-refractivity contribution is -0.136. The van der Waals surface area contributed by atoms with Crippen molar-refractivity contribution in [1.82, 2.24) is 4.90 Å². The molecule has 0 aliphatic carbocycles. The van der Waals surface area contributed by atoms with Crippen LogP contribution in [0.2, 0.25) is 0 Å². The van der Waals surface area contributed by atoms with Crippen LogP contribution in [0.5, 0.6) is 0 Å². The fraction of sp³-hybridized carbons (Fsp3) is 0.923. The van der Waals surface area contributed by atoms with Crippen LogP contribution in [0.4, 0.5) is 0 Å². The van der Waals surface area contributed by atoms with Crippen LogP contribution < -0.4 is 0 Å². The highest BCUT2D eigenvalue weighted by molar-refractivity contribution is 5.78. The average molecular weight is 229 g/mol. The maximum atomic E-state index is 11.9. The second kappa shape index (κ2) is 9.64. The van der Waals surface area contributed by atoms with Gasteiger partial charge in [-0.15, -0.1) is 0 Å². The van der Waals surface area contributed by atoms with Crippen LogP contribution in [0.3, 0.4) is 0 Å². The lowest BCUT2D eigenvalue weighted by atomic mass is 10.1. The summed E-state index contributed by atoms with van der Waals surface area (Å²) in [6.45, 7) is 11.0. The topological polar surface area (TPSA) is 29.5 Å². The first-order valence-corrected chi connectivity index (χ1v) is 6.53. The van der Waals surface area contributed by atoms with Gasteiger partial charge in [-0.2, -0.15) is 0 Å². The number of carbonyl (C=O) groups is 1. The molecule has 0 aliphatic heterocycles. The summed E-state index contributed by atoms with van der Waals surface area (Å²) >= 11 is 0. The molecular formula is C13H27NO2. The van der Waals surface area contributed by atoms with Crippen molar-refractivity contribution in [2.45, 2.75) is 47.0 Å². The van der Waals surface area contributed by atoms with E-state index in [1.165, 1.54) is 12.8 Å². The molecule has 0 bridgehead atoms. The minimum Gasteiger partial charge on any atom is -0.381 e. The van der Waals surface area contributed by atoms with E-state index in [9.17, 15) is 4.79 Å². The standard InChI is InChI=1S/C13H27NO2/c1-5-8-9-10-16-11-12(4)13(15)14(6-2)7-3/h12H,5-11H2,1-4H3. The lowest BCUT2D eigenvalue weighted by Gasteiger charge is -2.22. The van der Waals surface area contributed by atoms with E-state index >= 15 is 0 Å². The molecule has 1 amide bonds. The zero-order chi connectivity index (χ0) is 12.4. The summed E-state index contributed by atoms with van der Waals surface area (Å²) < 4.78 is 5.51. The fourth-order valence-corrected chi connectivity index (χ4v) is 1.63. The van der Waals surface area contributed by atoms with Crippen LogP contribution >= 0.6 is 0 Å². The Morgan fingerprint density at radius 1 is 1.19 bits per heavy atom. The molecule has 0 aromatic rings. The van der Waals surface area contributed by atoms with Gasteiger partial charge in [-0.05, 0) is 20.3 Å². The van der Waals surface area contributed by atoms with Gasteiger partial charge >= 0.3 is 0 Å². The number of nitrogens with zero attached hydrogens (tertiary/aromatic N) is 1. The Balaban J connectivity index is 3.70. The van der Waals surface area contributed by atoms with E-state index in [1.807, 2.05) is 25.7 Å². The molecule has 16 heavy (non-hydrogen) atoms. The highest BCUT2D eigenvalue weighted by Gasteiger charge is 2.17. The number of carbonyl (C=O) groups excluding carboxylic acids is 1. The molecule has 0 rings (SSSR count). The molecule has 0 aromatic heterocycles. The number of ether oxygens (including phenoxy) is 1. The van der Waals surface area contributed by atoms with Crippen molar-refractivity contribution in [3.05, 3.63) is 0 Å². The molecule has 0 spiro atoms. The maximum Gasteiger partial charge on any atom is 0.227 e. The van der Waals surface area contributed by atoms with Crippen LogP contribution in [0.1, 0.15) is 47.0 Å². The van der Waals surface area contributed by atoms with E-state index in [0.717, 1.165) is 26.1 Å². The summed E-state index contributed by atoms with van der Waals surface area (Å²) in [4.78, 5) is 13.7. The average Bonchev–Trinajstić information content (AvgIpc) is 2.30. The lowest BCUT2D eigenvalue weighted by Crippen LogP contribution is -2.36. The highest BCUT2D eigenvalue weighted by Crippen LogP contribution is 2.04. The molecule has 0 radical (unpaired) electrons. The Kier molecular flexibility index (Phi) is 9.30. The first-order valence-electron chi connectivity index (χ1n) is 6.53. The Morgan fingerprint density at radius 3 is 2.31 bits per heavy atom. The first kappa shape index (κ1) is 15.4. The Labute approximate surface area is 100 Å². The van der Waals surface area contributed by atoms with Crippen molar-refractivity contribution < 1.29 is 9.53 Å². The van der Waals surface area contributed by atoms with E-state index in [2.05, 4.69) is 6.92 Å². The van der Waals surface area contributed by atoms with E-state index in [1.54, 1.807) is 0 Å². The SMILES string of the molecule is CCCCCOCC(C)C(=O)N(CC)CC. The van der Waals surface area contributed by atoms with Gasteiger partial charge in [0.1, 0.15) is 0 Å². The third kappa shape index (κ3) is 6.11. The van der Waals surface area contributed by atoms with Gasteiger partial charge in [-0.25, -0.2) is 0 Å². The number of hydrogen-bond donors (Lipinski definition) is 0. The monoisotopic (exact) mass is 229 g/mol. The van der Waals surface area contributed by atoms with Gasteiger partial charge < -0.3 is 9.64 Å². The van der Waals surface area contributed by atoms with Crippen LogP contribution in [-0.4, -0.2) is 37.1 Å². The minimum absolute atomic E-state index is 0.0125. The van der Waals surface area contributed by atoms with Gasteiger partial charge in [0.2, 0.25) is 5.91 Å². The molecule has 3 nitrogen and oxygen atoms in total. The summed E-state index contributed by atoms with van der Waals surface area (Å²) in [5.74, 6) is 0.196. The van der Waals surface area contributed by atoms with Crippen LogP contribution in [-0.2, 0) is 9.53 Å². The van der Waals surface area contributed by atoms with E-state index in [-0.39, 0.29) is 11.8 Å². The molecule has 0 aromatic carbocycles. The summed E-state index contributed by atoms with van der Waals surface area (Å²) in [7, 11) is 0.